The standard InChI is InChI=1S/C10H13NO2S2/c1-10(2)7(9(12)13)11-8(15-10)6-3-4-14-5-6/h3-5,7-8,11H,1-2H3,(H,12,13)/t7-,8-/m1/s1. The fourth-order valence-corrected chi connectivity index (χ4v) is 3.89. The third kappa shape index (κ3) is 2.04. The first-order chi connectivity index (χ1) is 7.00. The maximum atomic E-state index is 11.1. The first-order valence-corrected chi connectivity index (χ1v) is 6.52. The Balaban J connectivity index is 2.19. The van der Waals surface area contributed by atoms with Gasteiger partial charge in [-0.3, -0.25) is 10.1 Å². The van der Waals surface area contributed by atoms with Crippen molar-refractivity contribution in [3.05, 3.63) is 22.4 Å². The highest BCUT2D eigenvalue weighted by atomic mass is 32.2. The van der Waals surface area contributed by atoms with E-state index in [-0.39, 0.29) is 10.1 Å². The summed E-state index contributed by atoms with van der Waals surface area (Å²) in [4.78, 5) is 11.1. The Morgan fingerprint density at radius 1 is 1.60 bits per heavy atom. The maximum absolute atomic E-state index is 11.1. The highest BCUT2D eigenvalue weighted by Gasteiger charge is 2.45. The highest BCUT2D eigenvalue weighted by Crippen LogP contribution is 2.45. The van der Waals surface area contributed by atoms with Gasteiger partial charge in [-0.25, -0.2) is 0 Å². The number of thiophene rings is 1. The second kappa shape index (κ2) is 3.81. The lowest BCUT2D eigenvalue weighted by Crippen LogP contribution is -2.43. The number of hydrogen-bond donors (Lipinski definition) is 2. The van der Waals surface area contributed by atoms with Gasteiger partial charge in [-0.1, -0.05) is 0 Å². The molecule has 1 fully saturated rings. The summed E-state index contributed by atoms with van der Waals surface area (Å²) in [7, 11) is 0. The minimum absolute atomic E-state index is 0.104. The molecule has 0 aromatic carbocycles. The molecule has 5 heteroatoms. The molecular weight excluding hydrogens is 230 g/mol. The van der Waals surface area contributed by atoms with Gasteiger partial charge in [0.25, 0.3) is 0 Å². The van der Waals surface area contributed by atoms with Crippen LogP contribution in [0.2, 0.25) is 0 Å². The molecule has 0 unspecified atom stereocenters. The van der Waals surface area contributed by atoms with Crippen LogP contribution >= 0.6 is 23.1 Å². The van der Waals surface area contributed by atoms with Gasteiger partial charge in [0.1, 0.15) is 6.04 Å². The van der Waals surface area contributed by atoms with Crippen LogP contribution < -0.4 is 5.32 Å². The molecule has 2 atom stereocenters. The number of carbonyl (C=O) groups is 1. The van der Waals surface area contributed by atoms with E-state index in [0.29, 0.717) is 0 Å². The van der Waals surface area contributed by atoms with E-state index < -0.39 is 12.0 Å². The predicted octanol–water partition coefficient (Wildman–Crippen LogP) is 2.31. The van der Waals surface area contributed by atoms with E-state index in [4.69, 9.17) is 5.11 Å². The Hall–Kier alpha value is -0.520. The van der Waals surface area contributed by atoms with E-state index >= 15 is 0 Å². The lowest BCUT2D eigenvalue weighted by Gasteiger charge is -2.20. The van der Waals surface area contributed by atoms with Gasteiger partial charge < -0.3 is 5.11 Å². The molecular formula is C10H13NO2S2. The third-order valence-corrected chi connectivity index (χ3v) is 4.72. The summed E-state index contributed by atoms with van der Waals surface area (Å²) in [5.41, 5.74) is 1.17. The average Bonchev–Trinajstić information content (AvgIpc) is 2.69. The third-order valence-electron chi connectivity index (χ3n) is 2.53. The van der Waals surface area contributed by atoms with Crippen molar-refractivity contribution in [3.63, 3.8) is 0 Å². The molecule has 0 saturated carbocycles. The van der Waals surface area contributed by atoms with E-state index in [1.807, 2.05) is 25.3 Å². The fraction of sp³-hybridized carbons (Fsp3) is 0.500. The van der Waals surface area contributed by atoms with Crippen molar-refractivity contribution in [1.82, 2.24) is 5.32 Å². The number of carboxylic acid groups (broad SMARTS) is 1. The van der Waals surface area contributed by atoms with Crippen LogP contribution in [0.15, 0.2) is 16.8 Å². The topological polar surface area (TPSA) is 49.3 Å². The molecule has 2 N–H and O–H groups in total. The van der Waals surface area contributed by atoms with E-state index in [9.17, 15) is 4.79 Å². The lowest BCUT2D eigenvalue weighted by atomic mass is 10.0. The Morgan fingerprint density at radius 2 is 2.33 bits per heavy atom. The van der Waals surface area contributed by atoms with Crippen LogP contribution in [0.5, 0.6) is 0 Å². The Kier molecular flexibility index (Phi) is 2.79. The van der Waals surface area contributed by atoms with Crippen LogP contribution in [0, 0.1) is 0 Å². The van der Waals surface area contributed by atoms with Gasteiger partial charge in [0, 0.05) is 4.75 Å². The molecule has 0 aliphatic carbocycles. The van der Waals surface area contributed by atoms with Gasteiger partial charge in [-0.2, -0.15) is 11.3 Å². The number of rotatable bonds is 2. The average molecular weight is 243 g/mol. The number of aliphatic carboxylic acids is 1. The zero-order valence-corrected chi connectivity index (χ0v) is 10.2. The molecule has 2 heterocycles. The minimum atomic E-state index is -0.773. The molecule has 1 aliphatic heterocycles. The predicted molar refractivity (Wildman–Crippen MR) is 63.3 cm³/mol. The number of nitrogens with one attached hydrogen (secondary N) is 1. The van der Waals surface area contributed by atoms with E-state index in [1.54, 1.807) is 23.1 Å². The van der Waals surface area contributed by atoms with Crippen LogP contribution in [-0.2, 0) is 4.79 Å². The van der Waals surface area contributed by atoms with Gasteiger partial charge in [0.05, 0.1) is 5.37 Å². The monoisotopic (exact) mass is 243 g/mol. The number of carboxylic acids is 1. The normalized spacial score (nSPS) is 29.2. The maximum Gasteiger partial charge on any atom is 0.322 e. The Morgan fingerprint density at radius 3 is 2.80 bits per heavy atom. The van der Waals surface area contributed by atoms with Crippen LogP contribution in [0.25, 0.3) is 0 Å². The molecule has 1 saturated heterocycles. The molecule has 0 bridgehead atoms. The zero-order chi connectivity index (χ0) is 11.1. The quantitative estimate of drug-likeness (QED) is 0.837. The molecule has 1 aliphatic rings. The van der Waals surface area contributed by atoms with Crippen LogP contribution in [0.4, 0.5) is 0 Å². The van der Waals surface area contributed by atoms with Crippen LogP contribution in [-0.4, -0.2) is 21.9 Å². The summed E-state index contributed by atoms with van der Waals surface area (Å²) >= 11 is 3.31. The summed E-state index contributed by atoms with van der Waals surface area (Å²) in [6.45, 7) is 3.94. The lowest BCUT2D eigenvalue weighted by molar-refractivity contribution is -0.139. The SMILES string of the molecule is CC1(C)S[C@H](c2ccsc2)N[C@@H]1C(=O)O. The van der Waals surface area contributed by atoms with Crippen molar-refractivity contribution in [3.8, 4) is 0 Å². The van der Waals surface area contributed by atoms with Gasteiger partial charge in [-0.05, 0) is 36.2 Å². The van der Waals surface area contributed by atoms with Crippen molar-refractivity contribution in [2.75, 3.05) is 0 Å². The van der Waals surface area contributed by atoms with Crippen molar-refractivity contribution >= 4 is 29.1 Å². The number of hydrogen-bond acceptors (Lipinski definition) is 4. The molecule has 3 nitrogen and oxygen atoms in total. The molecule has 1 aromatic heterocycles. The van der Waals surface area contributed by atoms with Crippen LogP contribution in [0.1, 0.15) is 24.8 Å². The van der Waals surface area contributed by atoms with Crippen LogP contribution in [0.3, 0.4) is 0 Å². The first kappa shape index (κ1) is 11.0. The van der Waals surface area contributed by atoms with Gasteiger partial charge in [0.15, 0.2) is 0 Å². The summed E-state index contributed by atoms with van der Waals surface area (Å²) in [6.07, 6.45) is 0. The van der Waals surface area contributed by atoms with Gasteiger partial charge >= 0.3 is 5.97 Å². The van der Waals surface area contributed by atoms with E-state index in [1.165, 1.54) is 5.56 Å². The summed E-state index contributed by atoms with van der Waals surface area (Å²) < 4.78 is -0.265. The summed E-state index contributed by atoms with van der Waals surface area (Å²) in [6, 6.07) is 1.56. The van der Waals surface area contributed by atoms with Crippen molar-refractivity contribution in [2.45, 2.75) is 30.0 Å². The second-order valence-corrected chi connectivity index (χ2v) is 6.64. The van der Waals surface area contributed by atoms with Crippen molar-refractivity contribution < 1.29 is 9.90 Å². The smallest absolute Gasteiger partial charge is 0.322 e. The van der Waals surface area contributed by atoms with E-state index in [0.717, 1.165) is 0 Å². The largest absolute Gasteiger partial charge is 0.480 e. The van der Waals surface area contributed by atoms with Gasteiger partial charge in [0.2, 0.25) is 0 Å². The molecule has 1 aromatic rings. The summed E-state index contributed by atoms with van der Waals surface area (Å²) in [5, 5.41) is 16.4. The molecule has 0 radical (unpaired) electrons. The molecule has 15 heavy (non-hydrogen) atoms. The first-order valence-electron chi connectivity index (χ1n) is 4.69. The minimum Gasteiger partial charge on any atom is -0.480 e. The molecule has 82 valence electrons. The molecule has 0 amide bonds. The number of thioether (sulfide) groups is 1. The summed E-state index contributed by atoms with van der Waals surface area (Å²) in [5.74, 6) is -0.773. The molecule has 2 rings (SSSR count). The Labute approximate surface area is 96.9 Å². The van der Waals surface area contributed by atoms with E-state index in [2.05, 4.69) is 10.7 Å². The van der Waals surface area contributed by atoms with Crippen molar-refractivity contribution in [1.29, 1.82) is 0 Å². The van der Waals surface area contributed by atoms with Gasteiger partial charge in [-0.15, -0.1) is 11.8 Å². The van der Waals surface area contributed by atoms with Crippen molar-refractivity contribution in [2.24, 2.45) is 0 Å². The highest BCUT2D eigenvalue weighted by molar-refractivity contribution is 8.01. The Bertz CT molecular complexity index is 362. The zero-order valence-electron chi connectivity index (χ0n) is 8.56. The second-order valence-electron chi connectivity index (χ2n) is 4.10. The fourth-order valence-electron chi connectivity index (χ4n) is 1.71. The molecule has 0 spiro atoms.